The zero-order chi connectivity index (χ0) is 24.9. The minimum absolute atomic E-state index is 0.187. The Morgan fingerprint density at radius 1 is 0.853 bits per heavy atom. The van der Waals surface area contributed by atoms with E-state index >= 15 is 0 Å². The van der Waals surface area contributed by atoms with Crippen LogP contribution in [-0.4, -0.2) is 26.8 Å². The molecular weight excluding hydrogens is 471 g/mol. The summed E-state index contributed by atoms with van der Waals surface area (Å²) in [5.41, 5.74) is -0.711. The molecule has 0 saturated carbocycles. The van der Waals surface area contributed by atoms with Crippen molar-refractivity contribution in [2.45, 2.75) is 18.0 Å². The van der Waals surface area contributed by atoms with Gasteiger partial charge in [-0.3, -0.25) is 13.9 Å². The van der Waals surface area contributed by atoms with Crippen LogP contribution in [0, 0.1) is 0 Å². The normalized spacial score (nSPS) is 11.5. The molecule has 0 atom stereocenters. The van der Waals surface area contributed by atoms with E-state index < -0.39 is 34.2 Å². The van der Waals surface area contributed by atoms with Gasteiger partial charge in [-0.1, -0.05) is 30.3 Å². The quantitative estimate of drug-likeness (QED) is 0.509. The Hall–Kier alpha value is -3.86. The number of nitrogens with zero attached hydrogens (tertiary/aromatic N) is 1. The molecule has 178 valence electrons. The minimum atomic E-state index is -4.70. The van der Waals surface area contributed by atoms with E-state index in [1.54, 1.807) is 18.2 Å². The van der Waals surface area contributed by atoms with Crippen molar-refractivity contribution in [1.82, 2.24) is 0 Å². The topological polar surface area (TPSA) is 95.6 Å². The van der Waals surface area contributed by atoms with Crippen LogP contribution < -0.4 is 14.9 Å². The summed E-state index contributed by atoms with van der Waals surface area (Å²) in [6.07, 6.45) is -4.70. The molecule has 2 N–H and O–H groups in total. The van der Waals surface area contributed by atoms with Crippen molar-refractivity contribution in [1.29, 1.82) is 0 Å². The van der Waals surface area contributed by atoms with Gasteiger partial charge in [0, 0.05) is 18.3 Å². The van der Waals surface area contributed by atoms with E-state index in [2.05, 4.69) is 10.6 Å². The maximum absolute atomic E-state index is 13.3. The lowest BCUT2D eigenvalue weighted by atomic mass is 10.2. The third kappa shape index (κ3) is 6.13. The Balaban J connectivity index is 1.95. The average Bonchev–Trinajstić information content (AvgIpc) is 2.77. The van der Waals surface area contributed by atoms with E-state index in [1.807, 2.05) is 0 Å². The van der Waals surface area contributed by atoms with Crippen LogP contribution >= 0.6 is 0 Å². The number of anilines is 3. The fourth-order valence-electron chi connectivity index (χ4n) is 3.08. The number of hydrogen-bond acceptors (Lipinski definition) is 4. The molecule has 0 saturated heterocycles. The number of benzene rings is 3. The number of alkyl halides is 3. The summed E-state index contributed by atoms with van der Waals surface area (Å²) in [5, 5.41) is 5.05. The van der Waals surface area contributed by atoms with Gasteiger partial charge in [-0.15, -0.1) is 0 Å². The van der Waals surface area contributed by atoms with Gasteiger partial charge in [-0.25, -0.2) is 8.42 Å². The predicted molar refractivity (Wildman–Crippen MR) is 122 cm³/mol. The van der Waals surface area contributed by atoms with E-state index in [9.17, 15) is 31.2 Å². The molecule has 0 aliphatic heterocycles. The smallest absolute Gasteiger partial charge is 0.326 e. The summed E-state index contributed by atoms with van der Waals surface area (Å²) < 4.78 is 66.9. The van der Waals surface area contributed by atoms with E-state index in [1.165, 1.54) is 49.4 Å². The van der Waals surface area contributed by atoms with E-state index in [-0.39, 0.29) is 22.2 Å². The molecule has 0 heterocycles. The number of hydrogen-bond donors (Lipinski definition) is 2. The highest BCUT2D eigenvalue weighted by Crippen LogP contribution is 2.33. The Morgan fingerprint density at radius 3 is 2.09 bits per heavy atom. The molecule has 34 heavy (non-hydrogen) atoms. The molecule has 0 bridgehead atoms. The lowest BCUT2D eigenvalue weighted by molar-refractivity contribution is -0.137. The number of amides is 2. The third-order valence-corrected chi connectivity index (χ3v) is 6.33. The van der Waals surface area contributed by atoms with Gasteiger partial charge < -0.3 is 10.6 Å². The highest BCUT2D eigenvalue weighted by atomic mass is 32.2. The molecule has 2 amide bonds. The fourth-order valence-corrected chi connectivity index (χ4v) is 4.51. The molecule has 3 rings (SSSR count). The molecule has 3 aromatic carbocycles. The van der Waals surface area contributed by atoms with Crippen molar-refractivity contribution in [3.05, 3.63) is 84.4 Å². The summed E-state index contributed by atoms with van der Waals surface area (Å²) in [6, 6.07) is 16.9. The van der Waals surface area contributed by atoms with Crippen LogP contribution in [-0.2, 0) is 25.8 Å². The van der Waals surface area contributed by atoms with Gasteiger partial charge in [-0.2, -0.15) is 13.2 Å². The Bertz CT molecular complexity index is 1300. The summed E-state index contributed by atoms with van der Waals surface area (Å²) in [5.74, 6) is -1.12. The van der Waals surface area contributed by atoms with E-state index in [0.717, 1.165) is 12.1 Å². The van der Waals surface area contributed by atoms with Crippen LogP contribution in [0.1, 0.15) is 12.5 Å². The second-order valence-corrected chi connectivity index (χ2v) is 9.05. The van der Waals surface area contributed by atoms with Gasteiger partial charge >= 0.3 is 6.18 Å². The van der Waals surface area contributed by atoms with Crippen molar-refractivity contribution >= 4 is 38.9 Å². The van der Waals surface area contributed by atoms with Gasteiger partial charge in [0.1, 0.15) is 6.54 Å². The minimum Gasteiger partial charge on any atom is -0.326 e. The molecule has 0 unspecified atom stereocenters. The van der Waals surface area contributed by atoms with Crippen molar-refractivity contribution < 1.29 is 31.2 Å². The molecule has 0 radical (unpaired) electrons. The van der Waals surface area contributed by atoms with Gasteiger partial charge in [0.05, 0.1) is 16.1 Å². The van der Waals surface area contributed by atoms with Crippen LogP contribution in [0.3, 0.4) is 0 Å². The van der Waals surface area contributed by atoms with Crippen LogP contribution in [0.2, 0.25) is 0 Å². The molecule has 0 spiro atoms. The number of sulfonamides is 1. The first-order chi connectivity index (χ1) is 16.0. The Kier molecular flexibility index (Phi) is 7.26. The number of halogens is 3. The molecule has 0 fully saturated rings. The average molecular weight is 491 g/mol. The highest BCUT2D eigenvalue weighted by Gasteiger charge is 2.33. The standard InChI is InChI=1S/C23H20F3N3O4S/c1-16(30)27-18-8-6-9-19(14-18)28-22(31)15-29(34(32,33)21-11-3-2-4-12-21)20-10-5-7-17(13-20)23(24,25)26/h2-14H,15H2,1H3,(H,27,30)(H,28,31). The first kappa shape index (κ1) is 24.8. The van der Waals surface area contributed by atoms with Crippen molar-refractivity contribution in [3.63, 3.8) is 0 Å². The zero-order valence-electron chi connectivity index (χ0n) is 17.8. The fraction of sp³-hybridized carbons (Fsp3) is 0.130. The molecule has 0 aromatic heterocycles. The molecule has 11 heteroatoms. The SMILES string of the molecule is CC(=O)Nc1cccc(NC(=O)CN(c2cccc(C(F)(F)F)c2)S(=O)(=O)c2ccccc2)c1. The van der Waals surface area contributed by atoms with E-state index in [0.29, 0.717) is 16.1 Å². The predicted octanol–water partition coefficient (Wildman–Crippen LogP) is 4.50. The zero-order valence-corrected chi connectivity index (χ0v) is 18.7. The maximum atomic E-state index is 13.3. The summed E-state index contributed by atoms with van der Waals surface area (Å²) in [4.78, 5) is 23.8. The monoisotopic (exact) mass is 491 g/mol. The Morgan fingerprint density at radius 2 is 1.47 bits per heavy atom. The van der Waals surface area contributed by atoms with Gasteiger partial charge in [0.25, 0.3) is 10.0 Å². The van der Waals surface area contributed by atoms with Gasteiger partial charge in [0.15, 0.2) is 0 Å². The Labute approximate surface area is 194 Å². The molecule has 7 nitrogen and oxygen atoms in total. The second kappa shape index (κ2) is 9.96. The van der Waals surface area contributed by atoms with Crippen molar-refractivity contribution in [3.8, 4) is 0 Å². The van der Waals surface area contributed by atoms with E-state index in [4.69, 9.17) is 0 Å². The summed E-state index contributed by atoms with van der Waals surface area (Å²) in [7, 11) is -4.38. The van der Waals surface area contributed by atoms with Gasteiger partial charge in [-0.05, 0) is 48.5 Å². The molecule has 0 aliphatic rings. The lowest BCUT2D eigenvalue weighted by Gasteiger charge is -2.25. The van der Waals surface area contributed by atoms with Gasteiger partial charge in [0.2, 0.25) is 11.8 Å². The number of rotatable bonds is 7. The highest BCUT2D eigenvalue weighted by molar-refractivity contribution is 7.92. The summed E-state index contributed by atoms with van der Waals surface area (Å²) in [6.45, 7) is 0.523. The molecule has 3 aromatic rings. The van der Waals surface area contributed by atoms with Crippen LogP contribution in [0.25, 0.3) is 0 Å². The van der Waals surface area contributed by atoms with Crippen molar-refractivity contribution in [2.24, 2.45) is 0 Å². The number of carbonyl (C=O) groups excluding carboxylic acids is 2. The summed E-state index contributed by atoms with van der Waals surface area (Å²) >= 11 is 0. The first-order valence-corrected chi connectivity index (χ1v) is 11.3. The molecule has 0 aliphatic carbocycles. The van der Waals surface area contributed by atoms with Crippen molar-refractivity contribution in [2.75, 3.05) is 21.5 Å². The molecular formula is C23H20F3N3O4S. The third-order valence-electron chi connectivity index (χ3n) is 4.55. The number of carbonyl (C=O) groups is 2. The van der Waals surface area contributed by atoms with Crippen LogP contribution in [0.4, 0.5) is 30.2 Å². The first-order valence-electron chi connectivity index (χ1n) is 9.89. The number of nitrogens with one attached hydrogen (secondary N) is 2. The maximum Gasteiger partial charge on any atom is 0.416 e. The largest absolute Gasteiger partial charge is 0.416 e. The second-order valence-electron chi connectivity index (χ2n) is 7.18. The lowest BCUT2D eigenvalue weighted by Crippen LogP contribution is -2.38. The van der Waals surface area contributed by atoms with Crippen LogP contribution in [0.15, 0.2) is 83.8 Å². The van der Waals surface area contributed by atoms with Crippen LogP contribution in [0.5, 0.6) is 0 Å².